The average molecular weight is 285 g/mol. The largest absolute Gasteiger partial charge is 0.398 e. The zero-order valence-electron chi connectivity index (χ0n) is 8.88. The molecule has 0 atom stereocenters. The lowest BCUT2D eigenvalue weighted by atomic mass is 10.2. The summed E-state index contributed by atoms with van der Waals surface area (Å²) in [5.74, 6) is 0. The fraction of sp³-hybridized carbons (Fsp3) is 0.333. The van der Waals surface area contributed by atoms with Gasteiger partial charge in [0, 0.05) is 10.7 Å². The van der Waals surface area contributed by atoms with Crippen LogP contribution in [0.5, 0.6) is 0 Å². The van der Waals surface area contributed by atoms with Crippen molar-refractivity contribution < 1.29 is 17.2 Å². The fourth-order valence-corrected chi connectivity index (χ4v) is 2.44. The number of hydrogen-bond donors (Lipinski definition) is 2. The molecule has 0 aliphatic rings. The molecule has 0 aromatic heterocycles. The summed E-state index contributed by atoms with van der Waals surface area (Å²) in [6.45, 7) is 0.675. The number of nitrogen functional groups attached to an aromatic ring is 1. The molecule has 0 amide bonds. The number of benzene rings is 1. The molecule has 0 unspecified atom stereocenters. The summed E-state index contributed by atoms with van der Waals surface area (Å²) in [5.41, 5.74) is 6.28. The van der Waals surface area contributed by atoms with Crippen molar-refractivity contribution in [1.82, 2.24) is 4.72 Å². The Bertz CT molecular complexity index is 497. The van der Waals surface area contributed by atoms with Gasteiger partial charge in [-0.2, -0.15) is 0 Å². The Morgan fingerprint density at radius 3 is 2.53 bits per heavy atom. The van der Waals surface area contributed by atoms with Gasteiger partial charge in [-0.25, -0.2) is 21.9 Å². The lowest BCUT2D eigenvalue weighted by Crippen LogP contribution is -2.28. The number of alkyl halides is 2. The van der Waals surface area contributed by atoms with Gasteiger partial charge >= 0.3 is 0 Å². The molecular weight excluding hydrogens is 274 g/mol. The molecule has 0 aliphatic carbocycles. The van der Waals surface area contributed by atoms with E-state index >= 15 is 0 Å². The van der Waals surface area contributed by atoms with Gasteiger partial charge in [-0.3, -0.25) is 0 Å². The molecule has 4 nitrogen and oxygen atoms in total. The maximum atomic E-state index is 11.9. The predicted molar refractivity (Wildman–Crippen MR) is 61.8 cm³/mol. The van der Waals surface area contributed by atoms with E-state index in [4.69, 9.17) is 17.3 Å². The van der Waals surface area contributed by atoms with Crippen LogP contribution in [0.1, 0.15) is 5.56 Å². The first-order valence-electron chi connectivity index (χ1n) is 4.57. The molecule has 0 fully saturated rings. The molecule has 96 valence electrons. The Hall–Kier alpha value is -0.920. The van der Waals surface area contributed by atoms with E-state index in [1.54, 1.807) is 11.6 Å². The van der Waals surface area contributed by atoms with E-state index in [1.807, 2.05) is 0 Å². The normalized spacial score (nSPS) is 12.1. The van der Waals surface area contributed by atoms with Crippen LogP contribution in [0.3, 0.4) is 0 Å². The molecule has 3 N–H and O–H groups in total. The van der Waals surface area contributed by atoms with Gasteiger partial charge in [0.1, 0.15) is 0 Å². The molecular formula is C9H11ClF2N2O2S. The lowest BCUT2D eigenvalue weighted by molar-refractivity contribution is 0.153. The van der Waals surface area contributed by atoms with Gasteiger partial charge in [0.2, 0.25) is 10.0 Å². The molecule has 8 heteroatoms. The van der Waals surface area contributed by atoms with Crippen molar-refractivity contribution in [1.29, 1.82) is 0 Å². The summed E-state index contributed by atoms with van der Waals surface area (Å²) < 4.78 is 48.8. The Balaban J connectivity index is 3.08. The summed E-state index contributed by atoms with van der Waals surface area (Å²) in [4.78, 5) is -0.230. The standard InChI is InChI=1S/C9H11ClF2N2O2S/c1-5-7(10)2-6(3-8(5)13)17(15,16)14-4-9(11)12/h2-3,9,14H,4,13H2,1H3. The van der Waals surface area contributed by atoms with Gasteiger partial charge in [-0.1, -0.05) is 11.6 Å². The molecule has 0 saturated carbocycles. The lowest BCUT2D eigenvalue weighted by Gasteiger charge is -2.09. The Morgan fingerprint density at radius 1 is 1.47 bits per heavy atom. The van der Waals surface area contributed by atoms with Crippen molar-refractivity contribution in [3.63, 3.8) is 0 Å². The van der Waals surface area contributed by atoms with Crippen LogP contribution in [-0.4, -0.2) is 21.4 Å². The van der Waals surface area contributed by atoms with Crippen molar-refractivity contribution in [3.8, 4) is 0 Å². The van der Waals surface area contributed by atoms with Crippen LogP contribution >= 0.6 is 11.6 Å². The van der Waals surface area contributed by atoms with Gasteiger partial charge in [0.15, 0.2) is 0 Å². The second kappa shape index (κ2) is 5.16. The highest BCUT2D eigenvalue weighted by molar-refractivity contribution is 7.89. The maximum absolute atomic E-state index is 11.9. The molecule has 1 rings (SSSR count). The second-order valence-corrected chi connectivity index (χ2v) is 5.54. The molecule has 1 aromatic carbocycles. The zero-order chi connectivity index (χ0) is 13.2. The molecule has 17 heavy (non-hydrogen) atoms. The summed E-state index contributed by atoms with van der Waals surface area (Å²) >= 11 is 5.77. The van der Waals surface area contributed by atoms with Crippen LogP contribution in [0.25, 0.3) is 0 Å². The van der Waals surface area contributed by atoms with E-state index in [0.29, 0.717) is 5.56 Å². The first kappa shape index (κ1) is 14.1. The van der Waals surface area contributed by atoms with Crippen LogP contribution in [0.4, 0.5) is 14.5 Å². The van der Waals surface area contributed by atoms with Gasteiger partial charge in [0.25, 0.3) is 6.43 Å². The highest BCUT2D eigenvalue weighted by Crippen LogP contribution is 2.25. The van der Waals surface area contributed by atoms with Crippen LogP contribution in [0.15, 0.2) is 17.0 Å². The number of nitrogens with two attached hydrogens (primary N) is 1. The van der Waals surface area contributed by atoms with E-state index in [9.17, 15) is 17.2 Å². The summed E-state index contributed by atoms with van der Waals surface area (Å²) in [7, 11) is -4.01. The average Bonchev–Trinajstić information content (AvgIpc) is 2.22. The Labute approximate surface area is 103 Å². The Kier molecular flexibility index (Phi) is 4.29. The van der Waals surface area contributed by atoms with Crippen LogP contribution in [-0.2, 0) is 10.0 Å². The number of sulfonamides is 1. The van der Waals surface area contributed by atoms with E-state index in [2.05, 4.69) is 0 Å². The van der Waals surface area contributed by atoms with Crippen LogP contribution in [0, 0.1) is 6.92 Å². The summed E-state index contributed by atoms with van der Waals surface area (Å²) in [6, 6.07) is 2.34. The highest BCUT2D eigenvalue weighted by Gasteiger charge is 2.18. The number of nitrogens with one attached hydrogen (secondary N) is 1. The number of anilines is 1. The number of hydrogen-bond acceptors (Lipinski definition) is 3. The maximum Gasteiger partial charge on any atom is 0.251 e. The van der Waals surface area contributed by atoms with Crippen molar-refractivity contribution in [2.75, 3.05) is 12.3 Å². The molecule has 0 radical (unpaired) electrons. The topological polar surface area (TPSA) is 72.2 Å². The van der Waals surface area contributed by atoms with E-state index in [-0.39, 0.29) is 15.6 Å². The van der Waals surface area contributed by atoms with Crippen molar-refractivity contribution in [2.45, 2.75) is 18.2 Å². The number of halogens is 3. The van der Waals surface area contributed by atoms with E-state index < -0.39 is 23.0 Å². The predicted octanol–water partition coefficient (Wildman–Crippen LogP) is 1.77. The van der Waals surface area contributed by atoms with Crippen molar-refractivity contribution in [2.24, 2.45) is 0 Å². The van der Waals surface area contributed by atoms with E-state index in [1.165, 1.54) is 12.1 Å². The van der Waals surface area contributed by atoms with Gasteiger partial charge in [-0.05, 0) is 24.6 Å². The molecule has 0 bridgehead atoms. The Morgan fingerprint density at radius 2 is 2.06 bits per heavy atom. The van der Waals surface area contributed by atoms with Crippen molar-refractivity contribution in [3.05, 3.63) is 22.7 Å². The van der Waals surface area contributed by atoms with Gasteiger partial charge < -0.3 is 5.73 Å². The third-order valence-corrected chi connectivity index (χ3v) is 3.89. The quantitative estimate of drug-likeness (QED) is 0.828. The van der Waals surface area contributed by atoms with Crippen molar-refractivity contribution >= 4 is 27.3 Å². The van der Waals surface area contributed by atoms with E-state index in [0.717, 1.165) is 0 Å². The van der Waals surface area contributed by atoms with Gasteiger partial charge in [-0.15, -0.1) is 0 Å². The minimum absolute atomic E-state index is 0.169. The third kappa shape index (κ3) is 3.52. The second-order valence-electron chi connectivity index (χ2n) is 3.36. The monoisotopic (exact) mass is 284 g/mol. The van der Waals surface area contributed by atoms with Crippen LogP contribution in [0.2, 0.25) is 5.02 Å². The number of rotatable bonds is 4. The zero-order valence-corrected chi connectivity index (χ0v) is 10.4. The first-order chi connectivity index (χ1) is 7.74. The summed E-state index contributed by atoms with van der Waals surface area (Å²) in [6.07, 6.45) is -2.76. The molecule has 1 aromatic rings. The van der Waals surface area contributed by atoms with Gasteiger partial charge in [0.05, 0.1) is 11.4 Å². The minimum Gasteiger partial charge on any atom is -0.398 e. The minimum atomic E-state index is -4.01. The summed E-state index contributed by atoms with van der Waals surface area (Å²) in [5, 5.41) is 0.169. The molecule has 0 saturated heterocycles. The van der Waals surface area contributed by atoms with Crippen LogP contribution < -0.4 is 10.5 Å². The molecule has 0 heterocycles. The first-order valence-corrected chi connectivity index (χ1v) is 6.43. The smallest absolute Gasteiger partial charge is 0.251 e. The third-order valence-electron chi connectivity index (χ3n) is 2.10. The highest BCUT2D eigenvalue weighted by atomic mass is 35.5. The fourth-order valence-electron chi connectivity index (χ4n) is 1.09. The molecule has 0 spiro atoms. The SMILES string of the molecule is Cc1c(N)cc(S(=O)(=O)NCC(F)F)cc1Cl. The molecule has 0 aliphatic heterocycles.